The summed E-state index contributed by atoms with van der Waals surface area (Å²) in [5.41, 5.74) is 8.51. The summed E-state index contributed by atoms with van der Waals surface area (Å²) >= 11 is 0. The number of hydrogen-bond acceptors (Lipinski definition) is 3. The van der Waals surface area contributed by atoms with Crippen LogP contribution in [0, 0.1) is 0 Å². The number of nitrogens with one attached hydrogen (secondary N) is 1. The summed E-state index contributed by atoms with van der Waals surface area (Å²) in [4.78, 5) is 13.7. The van der Waals surface area contributed by atoms with Crippen LogP contribution in [0.15, 0.2) is 27.4 Å². The van der Waals surface area contributed by atoms with E-state index >= 15 is 0 Å². The molecule has 1 aliphatic rings. The highest BCUT2D eigenvalue weighted by molar-refractivity contribution is 5.73. The second-order valence-corrected chi connectivity index (χ2v) is 4.59. The van der Waals surface area contributed by atoms with Gasteiger partial charge in [-0.3, -0.25) is 4.98 Å². The smallest absolute Gasteiger partial charge is 0.408 e. The predicted octanol–water partition coefficient (Wildman–Crippen LogP) is 1.85. The van der Waals surface area contributed by atoms with E-state index in [-0.39, 0.29) is 5.54 Å². The lowest BCUT2D eigenvalue weighted by Crippen LogP contribution is -2.32. The van der Waals surface area contributed by atoms with Crippen LogP contribution in [0.1, 0.15) is 31.2 Å². The number of H-pyrrole nitrogens is 1. The number of oxazole rings is 1. The predicted molar refractivity (Wildman–Crippen MR) is 61.2 cm³/mol. The molecule has 0 unspecified atom stereocenters. The molecule has 3 rings (SSSR count). The van der Waals surface area contributed by atoms with Gasteiger partial charge in [-0.15, -0.1) is 0 Å². The molecule has 1 aromatic heterocycles. The van der Waals surface area contributed by atoms with Crippen LogP contribution in [0.4, 0.5) is 0 Å². The van der Waals surface area contributed by atoms with Crippen molar-refractivity contribution in [3.05, 3.63) is 34.3 Å². The van der Waals surface area contributed by atoms with Gasteiger partial charge in [-0.05, 0) is 30.5 Å². The molecule has 0 aliphatic heterocycles. The van der Waals surface area contributed by atoms with Crippen molar-refractivity contribution >= 4 is 11.1 Å². The van der Waals surface area contributed by atoms with Crippen LogP contribution in [0.3, 0.4) is 0 Å². The van der Waals surface area contributed by atoms with E-state index in [1.807, 2.05) is 18.2 Å². The van der Waals surface area contributed by atoms with E-state index in [1.165, 1.54) is 12.8 Å². The molecule has 0 saturated heterocycles. The van der Waals surface area contributed by atoms with E-state index in [2.05, 4.69) is 4.98 Å². The Kier molecular flexibility index (Phi) is 1.94. The zero-order chi connectivity index (χ0) is 11.2. The normalized spacial score (nSPS) is 19.3. The van der Waals surface area contributed by atoms with Crippen molar-refractivity contribution in [2.45, 2.75) is 31.2 Å². The van der Waals surface area contributed by atoms with E-state index in [9.17, 15) is 4.79 Å². The molecule has 1 saturated carbocycles. The molecule has 1 heterocycles. The number of aromatic amines is 1. The summed E-state index contributed by atoms with van der Waals surface area (Å²) in [5.74, 6) is -0.412. The van der Waals surface area contributed by atoms with Crippen LogP contribution in [0.2, 0.25) is 0 Å². The fraction of sp³-hybridized carbons (Fsp3) is 0.417. The van der Waals surface area contributed by atoms with Gasteiger partial charge in [0.2, 0.25) is 0 Å². The molecule has 0 bridgehead atoms. The quantitative estimate of drug-likeness (QED) is 0.767. The Bertz CT molecular complexity index is 576. The van der Waals surface area contributed by atoms with E-state index < -0.39 is 5.76 Å². The topological polar surface area (TPSA) is 72.0 Å². The molecule has 3 N–H and O–H groups in total. The first-order valence-corrected chi connectivity index (χ1v) is 5.60. The summed E-state index contributed by atoms with van der Waals surface area (Å²) in [6, 6.07) is 5.74. The first-order chi connectivity index (χ1) is 7.67. The van der Waals surface area contributed by atoms with Gasteiger partial charge >= 0.3 is 5.76 Å². The maximum Gasteiger partial charge on any atom is 0.417 e. The van der Waals surface area contributed by atoms with Gasteiger partial charge in [-0.25, -0.2) is 4.79 Å². The molecule has 0 amide bonds. The number of benzene rings is 1. The van der Waals surface area contributed by atoms with Crippen molar-refractivity contribution in [3.8, 4) is 0 Å². The Morgan fingerprint density at radius 1 is 1.31 bits per heavy atom. The van der Waals surface area contributed by atoms with Crippen LogP contribution < -0.4 is 11.5 Å². The first-order valence-electron chi connectivity index (χ1n) is 5.60. The number of hydrogen-bond donors (Lipinski definition) is 2. The molecule has 84 valence electrons. The maximum atomic E-state index is 11.0. The van der Waals surface area contributed by atoms with Crippen LogP contribution in [-0.4, -0.2) is 4.98 Å². The van der Waals surface area contributed by atoms with Crippen LogP contribution in [-0.2, 0) is 5.54 Å². The molecule has 4 nitrogen and oxygen atoms in total. The largest absolute Gasteiger partial charge is 0.417 e. The van der Waals surface area contributed by atoms with Gasteiger partial charge in [0.15, 0.2) is 5.58 Å². The summed E-state index contributed by atoms with van der Waals surface area (Å²) in [6.07, 6.45) is 4.36. The Labute approximate surface area is 92.4 Å². The number of aromatic nitrogens is 1. The van der Waals surface area contributed by atoms with Gasteiger partial charge < -0.3 is 10.2 Å². The zero-order valence-electron chi connectivity index (χ0n) is 8.95. The highest BCUT2D eigenvalue weighted by Gasteiger charge is 2.31. The van der Waals surface area contributed by atoms with Crippen molar-refractivity contribution in [3.63, 3.8) is 0 Å². The van der Waals surface area contributed by atoms with Gasteiger partial charge in [-0.2, -0.15) is 0 Å². The van der Waals surface area contributed by atoms with Gasteiger partial charge in [0.25, 0.3) is 0 Å². The Balaban J connectivity index is 2.14. The van der Waals surface area contributed by atoms with E-state index in [4.69, 9.17) is 10.2 Å². The van der Waals surface area contributed by atoms with E-state index in [0.29, 0.717) is 5.58 Å². The molecular weight excluding hydrogens is 204 g/mol. The van der Waals surface area contributed by atoms with Gasteiger partial charge in [0.1, 0.15) is 0 Å². The average Bonchev–Trinajstić information content (AvgIpc) is 2.82. The maximum absolute atomic E-state index is 11.0. The van der Waals surface area contributed by atoms with E-state index in [1.54, 1.807) is 0 Å². The molecule has 1 aromatic carbocycles. The van der Waals surface area contributed by atoms with Crippen molar-refractivity contribution in [1.82, 2.24) is 4.98 Å². The fourth-order valence-electron chi connectivity index (χ4n) is 2.55. The van der Waals surface area contributed by atoms with Crippen LogP contribution >= 0.6 is 0 Å². The summed E-state index contributed by atoms with van der Waals surface area (Å²) in [6.45, 7) is 0. The minimum atomic E-state index is -0.412. The summed E-state index contributed by atoms with van der Waals surface area (Å²) in [7, 11) is 0. The molecular formula is C12H14N2O2. The lowest BCUT2D eigenvalue weighted by Gasteiger charge is -2.23. The third kappa shape index (κ3) is 1.38. The Hall–Kier alpha value is -1.55. The monoisotopic (exact) mass is 218 g/mol. The lowest BCUT2D eigenvalue weighted by atomic mass is 9.89. The highest BCUT2D eigenvalue weighted by Crippen LogP contribution is 2.36. The summed E-state index contributed by atoms with van der Waals surface area (Å²) in [5, 5.41) is 0. The molecule has 0 radical (unpaired) electrons. The second kappa shape index (κ2) is 3.22. The SMILES string of the molecule is NC1(c2ccc3[nH]c(=O)oc3c2)CCCC1. The van der Waals surface area contributed by atoms with Gasteiger partial charge in [0, 0.05) is 5.54 Å². The third-order valence-corrected chi connectivity index (χ3v) is 3.49. The van der Waals surface area contributed by atoms with Crippen molar-refractivity contribution in [2.24, 2.45) is 5.73 Å². The standard InChI is InChI=1S/C12H14N2O2/c13-12(5-1-2-6-12)8-3-4-9-10(7-8)16-11(15)14-9/h3-4,7H,1-2,5-6,13H2,(H,14,15). The van der Waals surface area contributed by atoms with Crippen molar-refractivity contribution in [1.29, 1.82) is 0 Å². The van der Waals surface area contributed by atoms with E-state index in [0.717, 1.165) is 23.9 Å². The van der Waals surface area contributed by atoms with Crippen molar-refractivity contribution in [2.75, 3.05) is 0 Å². The fourth-order valence-corrected chi connectivity index (χ4v) is 2.55. The Morgan fingerprint density at radius 3 is 2.81 bits per heavy atom. The lowest BCUT2D eigenvalue weighted by molar-refractivity contribution is 0.461. The number of fused-ring (bicyclic) bond motifs is 1. The van der Waals surface area contributed by atoms with Gasteiger partial charge in [0.05, 0.1) is 5.52 Å². The minimum absolute atomic E-state index is 0.232. The zero-order valence-corrected chi connectivity index (χ0v) is 8.95. The number of rotatable bonds is 1. The second-order valence-electron chi connectivity index (χ2n) is 4.59. The molecule has 0 spiro atoms. The van der Waals surface area contributed by atoms with Crippen molar-refractivity contribution < 1.29 is 4.42 Å². The number of nitrogens with two attached hydrogens (primary N) is 1. The molecule has 16 heavy (non-hydrogen) atoms. The first kappa shape index (κ1) is 9.66. The van der Waals surface area contributed by atoms with Gasteiger partial charge in [-0.1, -0.05) is 18.9 Å². The third-order valence-electron chi connectivity index (χ3n) is 3.49. The average molecular weight is 218 g/mol. The molecule has 1 aliphatic carbocycles. The highest BCUT2D eigenvalue weighted by atomic mass is 16.4. The minimum Gasteiger partial charge on any atom is -0.408 e. The van der Waals surface area contributed by atoms with Crippen LogP contribution in [0.5, 0.6) is 0 Å². The molecule has 0 atom stereocenters. The molecule has 1 fully saturated rings. The Morgan fingerprint density at radius 2 is 2.06 bits per heavy atom. The summed E-state index contributed by atoms with van der Waals surface area (Å²) < 4.78 is 5.05. The molecule has 4 heteroatoms. The molecule has 2 aromatic rings. The van der Waals surface area contributed by atoms with Crippen LogP contribution in [0.25, 0.3) is 11.1 Å².